The van der Waals surface area contributed by atoms with Gasteiger partial charge < -0.3 is 0 Å². The van der Waals surface area contributed by atoms with Crippen molar-refractivity contribution in [3.05, 3.63) is 0 Å². The molecule has 1 rings (SSSR count). The van der Waals surface area contributed by atoms with Crippen LogP contribution in [0, 0.1) is 0 Å². The zero-order valence-corrected chi connectivity index (χ0v) is 8.17. The van der Waals surface area contributed by atoms with Crippen LogP contribution in [0.3, 0.4) is 0 Å². The Morgan fingerprint density at radius 3 is 2.50 bits per heavy atom. The summed E-state index contributed by atoms with van der Waals surface area (Å²) in [6.07, 6.45) is 0.781. The highest BCUT2D eigenvalue weighted by atomic mass is 32.1. The molecule has 0 radical (unpaired) electrons. The predicted molar refractivity (Wildman–Crippen MR) is 51.6 cm³/mol. The van der Waals surface area contributed by atoms with Gasteiger partial charge in [0, 0.05) is 12.9 Å². The number of hydrogen-bond donors (Lipinski definition) is 1. The van der Waals surface area contributed by atoms with Gasteiger partial charge >= 0.3 is 0 Å². The summed E-state index contributed by atoms with van der Waals surface area (Å²) in [5.41, 5.74) is 0. The molecule has 2 amide bonds. The summed E-state index contributed by atoms with van der Waals surface area (Å²) in [6.45, 7) is 4.29. The lowest BCUT2D eigenvalue weighted by atomic mass is 9.54. The fourth-order valence-electron chi connectivity index (χ4n) is 1.22. The molecule has 1 atom stereocenters. The maximum absolute atomic E-state index is 11.3. The molecule has 66 valence electrons. The Hall–Kier alpha value is -0.445. The van der Waals surface area contributed by atoms with Crippen molar-refractivity contribution in [3.63, 3.8) is 0 Å². The lowest BCUT2D eigenvalue weighted by molar-refractivity contribution is -0.137. The lowest BCUT2D eigenvalue weighted by Gasteiger charge is -2.14. The fraction of sp³-hybridized carbons (Fsp3) is 0.714. The highest BCUT2D eigenvalue weighted by Crippen LogP contribution is 2.17. The number of amides is 2. The summed E-state index contributed by atoms with van der Waals surface area (Å²) in [6, 6.07) is 0. The van der Waals surface area contributed by atoms with Gasteiger partial charge in [0.15, 0.2) is 6.71 Å². The fourth-order valence-corrected chi connectivity index (χ4v) is 1.52. The summed E-state index contributed by atoms with van der Waals surface area (Å²) in [4.78, 5) is 23.8. The molecule has 0 spiro atoms. The minimum atomic E-state index is -0.406. The van der Waals surface area contributed by atoms with E-state index in [-0.39, 0.29) is 18.2 Å². The summed E-state index contributed by atoms with van der Waals surface area (Å²) in [7, 11) is 0. The van der Waals surface area contributed by atoms with Gasteiger partial charge in [-0.2, -0.15) is 12.6 Å². The van der Waals surface area contributed by atoms with Crippen molar-refractivity contribution in [2.75, 3.05) is 6.44 Å². The average molecular weight is 185 g/mol. The highest BCUT2D eigenvalue weighted by Gasteiger charge is 2.36. The average Bonchev–Trinajstić information content (AvgIpc) is 2.16. The van der Waals surface area contributed by atoms with Gasteiger partial charge in [0.1, 0.15) is 0 Å². The topological polar surface area (TPSA) is 37.4 Å². The van der Waals surface area contributed by atoms with Crippen LogP contribution in [0.25, 0.3) is 0 Å². The third kappa shape index (κ3) is 1.83. The van der Waals surface area contributed by atoms with Gasteiger partial charge in [-0.15, -0.1) is 0 Å². The van der Waals surface area contributed by atoms with Crippen LogP contribution >= 0.6 is 12.6 Å². The Bertz CT molecular complexity index is 219. The number of hydrogen-bond acceptors (Lipinski definition) is 3. The first kappa shape index (κ1) is 9.64. The molecule has 1 heterocycles. The van der Waals surface area contributed by atoms with E-state index in [4.69, 9.17) is 0 Å². The Kier molecular flexibility index (Phi) is 2.83. The summed E-state index contributed by atoms with van der Waals surface area (Å²) < 4.78 is 0. The van der Waals surface area contributed by atoms with Gasteiger partial charge in [-0.25, -0.2) is 0 Å². The third-order valence-electron chi connectivity index (χ3n) is 1.77. The Morgan fingerprint density at radius 2 is 2.17 bits per heavy atom. The maximum atomic E-state index is 11.3. The normalized spacial score (nSPS) is 23.6. The first-order valence-electron chi connectivity index (χ1n) is 4.04. The van der Waals surface area contributed by atoms with Gasteiger partial charge in [-0.1, -0.05) is 13.6 Å². The van der Waals surface area contributed by atoms with E-state index in [0.717, 1.165) is 0 Å². The van der Waals surface area contributed by atoms with E-state index in [2.05, 4.69) is 12.6 Å². The number of carbonyl (C=O) groups is 2. The summed E-state index contributed by atoms with van der Waals surface area (Å²) in [5, 5.41) is -0.406. The van der Waals surface area contributed by atoms with Crippen LogP contribution in [0.4, 0.5) is 0 Å². The molecule has 5 heteroatoms. The van der Waals surface area contributed by atoms with Gasteiger partial charge in [-0.05, 0) is 0 Å². The van der Waals surface area contributed by atoms with Crippen molar-refractivity contribution in [2.24, 2.45) is 0 Å². The molecule has 1 unspecified atom stereocenters. The monoisotopic (exact) mass is 185 g/mol. The number of likely N-dealkylation sites (tertiary alicyclic amines) is 1. The van der Waals surface area contributed by atoms with Crippen LogP contribution in [0.15, 0.2) is 0 Å². The van der Waals surface area contributed by atoms with Crippen LogP contribution in [-0.2, 0) is 9.59 Å². The Balaban J connectivity index is 2.64. The smallest absolute Gasteiger partial charge is 0.241 e. The molecule has 1 saturated heterocycles. The van der Waals surface area contributed by atoms with Crippen molar-refractivity contribution < 1.29 is 9.59 Å². The summed E-state index contributed by atoms with van der Waals surface area (Å²) >= 11 is 4.02. The Labute approximate surface area is 78.0 Å². The molecule has 0 N–H and O–H groups in total. The van der Waals surface area contributed by atoms with E-state index in [0.29, 0.717) is 13.2 Å². The van der Waals surface area contributed by atoms with Crippen molar-refractivity contribution >= 4 is 31.2 Å². The maximum Gasteiger partial charge on any atom is 0.241 e. The van der Waals surface area contributed by atoms with Crippen molar-refractivity contribution in [3.8, 4) is 0 Å². The molecule has 12 heavy (non-hydrogen) atoms. The number of carbonyl (C=O) groups excluding carboxylic acids is 2. The zero-order valence-electron chi connectivity index (χ0n) is 7.28. The molecular weight excluding hydrogens is 173 g/mol. The number of nitrogens with zero attached hydrogens (tertiary/aromatic N) is 1. The molecule has 0 aliphatic carbocycles. The van der Waals surface area contributed by atoms with E-state index in [1.165, 1.54) is 4.90 Å². The van der Waals surface area contributed by atoms with Gasteiger partial charge in [-0.3, -0.25) is 14.5 Å². The van der Waals surface area contributed by atoms with Gasteiger partial charge in [0.05, 0.1) is 5.25 Å². The van der Waals surface area contributed by atoms with Crippen LogP contribution in [0.1, 0.15) is 6.42 Å². The molecule has 0 aromatic carbocycles. The van der Waals surface area contributed by atoms with Gasteiger partial charge in [0.25, 0.3) is 0 Å². The minimum absolute atomic E-state index is 0.0892. The quantitative estimate of drug-likeness (QED) is 0.382. The van der Waals surface area contributed by atoms with E-state index in [1.807, 2.05) is 13.6 Å². The minimum Gasteiger partial charge on any atom is -0.289 e. The largest absolute Gasteiger partial charge is 0.289 e. The Morgan fingerprint density at radius 1 is 1.58 bits per heavy atom. The van der Waals surface area contributed by atoms with Gasteiger partial charge in [0.2, 0.25) is 11.8 Å². The number of thiol groups is 1. The molecular formula is C7H12BNO2S. The second-order valence-corrected chi connectivity index (χ2v) is 4.08. The molecule has 0 aromatic heterocycles. The zero-order chi connectivity index (χ0) is 9.30. The van der Waals surface area contributed by atoms with Crippen LogP contribution in [0.2, 0.25) is 13.6 Å². The third-order valence-corrected chi connectivity index (χ3v) is 2.17. The molecule has 0 bridgehead atoms. The number of rotatable bonds is 2. The molecule has 0 aromatic rings. The number of imide groups is 1. The van der Waals surface area contributed by atoms with Crippen LogP contribution < -0.4 is 0 Å². The van der Waals surface area contributed by atoms with Crippen LogP contribution in [0.5, 0.6) is 0 Å². The standard InChI is InChI=1S/C7H12BNO2S/c1-8(2)4-9-6(10)3-5(12)7(9)11/h5,12H,3-4H2,1-2H3. The second-order valence-electron chi connectivity index (χ2n) is 3.46. The van der Waals surface area contributed by atoms with E-state index >= 15 is 0 Å². The predicted octanol–water partition coefficient (Wildman–Crippen LogP) is 0.337. The van der Waals surface area contributed by atoms with E-state index in [9.17, 15) is 9.59 Å². The van der Waals surface area contributed by atoms with Crippen molar-refractivity contribution in [1.29, 1.82) is 0 Å². The van der Waals surface area contributed by atoms with E-state index in [1.54, 1.807) is 0 Å². The van der Waals surface area contributed by atoms with Crippen molar-refractivity contribution in [1.82, 2.24) is 4.90 Å². The first-order valence-corrected chi connectivity index (χ1v) is 4.56. The molecule has 1 fully saturated rings. The summed E-state index contributed by atoms with van der Waals surface area (Å²) in [5.74, 6) is -0.231. The second kappa shape index (κ2) is 3.52. The molecule has 1 aliphatic heterocycles. The molecule has 0 saturated carbocycles. The highest BCUT2D eigenvalue weighted by molar-refractivity contribution is 7.81. The molecule has 1 aliphatic rings. The molecule has 3 nitrogen and oxygen atoms in total. The first-order chi connectivity index (χ1) is 5.52. The SMILES string of the molecule is CB(C)CN1C(=O)CC(S)C1=O. The van der Waals surface area contributed by atoms with Crippen molar-refractivity contribution in [2.45, 2.75) is 25.3 Å². The van der Waals surface area contributed by atoms with Crippen LogP contribution in [-0.4, -0.2) is 35.1 Å². The van der Waals surface area contributed by atoms with E-state index < -0.39 is 5.25 Å². The lowest BCUT2D eigenvalue weighted by Crippen LogP contribution is -2.37.